The van der Waals surface area contributed by atoms with E-state index in [9.17, 15) is 0 Å². The lowest BCUT2D eigenvalue weighted by Crippen LogP contribution is -2.38. The Hall–Kier alpha value is -1.88. The van der Waals surface area contributed by atoms with Crippen molar-refractivity contribution < 1.29 is 4.74 Å². The van der Waals surface area contributed by atoms with Gasteiger partial charge in [0, 0.05) is 6.04 Å². The van der Waals surface area contributed by atoms with Gasteiger partial charge in [0.1, 0.15) is 6.61 Å². The molecule has 1 aliphatic rings. The summed E-state index contributed by atoms with van der Waals surface area (Å²) in [4.78, 5) is 8.73. The van der Waals surface area contributed by atoms with Crippen LogP contribution in [-0.2, 0) is 0 Å². The summed E-state index contributed by atoms with van der Waals surface area (Å²) < 4.78 is 5.72. The normalized spacial score (nSPS) is 19.5. The molecule has 1 aromatic heterocycles. The number of hydrogen-bond donors (Lipinski definition) is 2. The molecule has 2 heterocycles. The van der Waals surface area contributed by atoms with Gasteiger partial charge in [-0.15, -0.1) is 0 Å². The van der Waals surface area contributed by atoms with Crippen molar-refractivity contribution in [1.29, 1.82) is 0 Å². The van der Waals surface area contributed by atoms with Crippen molar-refractivity contribution in [2.45, 2.75) is 25.3 Å². The zero-order chi connectivity index (χ0) is 13.1. The summed E-state index contributed by atoms with van der Waals surface area (Å²) in [6.07, 6.45) is 3.63. The molecule has 3 rings (SSSR count). The Bertz CT molecular complexity index is 566. The second-order valence-electron chi connectivity index (χ2n) is 4.86. The van der Waals surface area contributed by atoms with Gasteiger partial charge in [0.05, 0.1) is 11.0 Å². The van der Waals surface area contributed by atoms with Crippen LogP contribution >= 0.6 is 0 Å². The van der Waals surface area contributed by atoms with Gasteiger partial charge in [-0.1, -0.05) is 18.6 Å². The number of nitrogens with one attached hydrogen (secondary N) is 1. The molecule has 2 aromatic rings. The Morgan fingerprint density at radius 3 is 2.74 bits per heavy atom. The molecule has 1 aromatic carbocycles. The summed E-state index contributed by atoms with van der Waals surface area (Å²) in [5.41, 5.74) is 7.49. The molecule has 1 aliphatic heterocycles. The maximum atomic E-state index is 5.88. The third-order valence-electron chi connectivity index (χ3n) is 3.40. The largest absolute Gasteiger partial charge is 0.473 e. The van der Waals surface area contributed by atoms with E-state index in [-0.39, 0.29) is 0 Å². The van der Waals surface area contributed by atoms with Gasteiger partial charge in [0.25, 0.3) is 5.88 Å². The van der Waals surface area contributed by atoms with Gasteiger partial charge in [-0.25, -0.2) is 9.97 Å². The molecule has 3 N–H and O–H groups in total. The van der Waals surface area contributed by atoms with E-state index in [1.807, 2.05) is 24.3 Å². The van der Waals surface area contributed by atoms with Gasteiger partial charge in [-0.3, -0.25) is 0 Å². The van der Waals surface area contributed by atoms with Crippen molar-refractivity contribution >= 4 is 16.9 Å². The Labute approximate surface area is 112 Å². The van der Waals surface area contributed by atoms with Crippen LogP contribution in [0.25, 0.3) is 11.0 Å². The highest BCUT2D eigenvalue weighted by Gasteiger charge is 2.14. The molecule has 0 spiro atoms. The molecule has 0 saturated carbocycles. The van der Waals surface area contributed by atoms with E-state index in [4.69, 9.17) is 10.5 Å². The number of benzene rings is 1. The second kappa shape index (κ2) is 5.40. The summed E-state index contributed by atoms with van der Waals surface area (Å²) in [5.74, 6) is 0.792. The van der Waals surface area contributed by atoms with Crippen molar-refractivity contribution in [2.24, 2.45) is 0 Å². The number of aromatic nitrogens is 2. The molecule has 0 amide bonds. The number of nitrogens with zero attached hydrogens (tertiary/aromatic N) is 2. The lowest BCUT2D eigenvalue weighted by Gasteiger charge is -2.23. The predicted octanol–water partition coefficient (Wildman–Crippen LogP) is 1.73. The molecule has 5 heteroatoms. The first-order valence-corrected chi connectivity index (χ1v) is 6.71. The van der Waals surface area contributed by atoms with Crippen LogP contribution in [-0.4, -0.2) is 29.2 Å². The third-order valence-corrected chi connectivity index (χ3v) is 3.40. The quantitative estimate of drug-likeness (QED) is 0.877. The topological polar surface area (TPSA) is 73.1 Å². The molecule has 1 atom stereocenters. The zero-order valence-corrected chi connectivity index (χ0v) is 10.8. The molecule has 100 valence electrons. The van der Waals surface area contributed by atoms with Gasteiger partial charge < -0.3 is 15.8 Å². The standard InChI is InChI=1S/C14H18N4O/c15-13-14(19-9-10-5-3-4-8-16-10)18-12-7-2-1-6-11(12)17-13/h1-2,6-7,10,16H,3-5,8-9H2,(H2,15,17)/t10-/m0/s1. The summed E-state index contributed by atoms with van der Waals surface area (Å²) in [7, 11) is 0. The fourth-order valence-electron chi connectivity index (χ4n) is 2.35. The number of nitrogens with two attached hydrogens (primary N) is 1. The smallest absolute Gasteiger partial charge is 0.257 e. The van der Waals surface area contributed by atoms with Crippen LogP contribution in [0.15, 0.2) is 24.3 Å². The number of hydrogen-bond acceptors (Lipinski definition) is 5. The Balaban J connectivity index is 1.74. The van der Waals surface area contributed by atoms with Crippen LogP contribution in [0, 0.1) is 0 Å². The molecule has 0 aliphatic carbocycles. The third kappa shape index (κ3) is 2.76. The maximum absolute atomic E-state index is 5.88. The minimum Gasteiger partial charge on any atom is -0.473 e. The number of piperidine rings is 1. The first-order valence-electron chi connectivity index (χ1n) is 6.71. The fraction of sp³-hybridized carbons (Fsp3) is 0.429. The first-order chi connectivity index (χ1) is 9.33. The van der Waals surface area contributed by atoms with Crippen molar-refractivity contribution in [2.75, 3.05) is 18.9 Å². The van der Waals surface area contributed by atoms with E-state index in [2.05, 4.69) is 15.3 Å². The molecular formula is C14H18N4O. The van der Waals surface area contributed by atoms with Crippen molar-refractivity contribution in [3.63, 3.8) is 0 Å². The molecule has 0 radical (unpaired) electrons. The number of anilines is 1. The highest BCUT2D eigenvalue weighted by molar-refractivity contribution is 5.76. The Morgan fingerprint density at radius 1 is 1.21 bits per heavy atom. The molecule has 19 heavy (non-hydrogen) atoms. The van der Waals surface area contributed by atoms with Crippen molar-refractivity contribution in [3.05, 3.63) is 24.3 Å². The molecule has 0 unspecified atom stereocenters. The summed E-state index contributed by atoms with van der Waals surface area (Å²) in [6.45, 7) is 1.66. The zero-order valence-electron chi connectivity index (χ0n) is 10.8. The number of ether oxygens (including phenoxy) is 1. The maximum Gasteiger partial charge on any atom is 0.257 e. The summed E-state index contributed by atoms with van der Waals surface area (Å²) >= 11 is 0. The van der Waals surface area contributed by atoms with Gasteiger partial charge in [0.2, 0.25) is 0 Å². The van der Waals surface area contributed by atoms with Crippen LogP contribution < -0.4 is 15.8 Å². The van der Waals surface area contributed by atoms with Crippen molar-refractivity contribution in [1.82, 2.24) is 15.3 Å². The van der Waals surface area contributed by atoms with Gasteiger partial charge in [-0.05, 0) is 31.5 Å². The van der Waals surface area contributed by atoms with Crippen LogP contribution in [0.1, 0.15) is 19.3 Å². The Kier molecular flexibility index (Phi) is 3.46. The molecular weight excluding hydrogens is 240 g/mol. The number of nitrogen functional groups attached to an aromatic ring is 1. The number of rotatable bonds is 3. The highest BCUT2D eigenvalue weighted by Crippen LogP contribution is 2.21. The van der Waals surface area contributed by atoms with E-state index >= 15 is 0 Å². The summed E-state index contributed by atoms with van der Waals surface area (Å²) in [6, 6.07) is 8.04. The number of para-hydroxylation sites is 2. The van der Waals surface area contributed by atoms with Crippen LogP contribution in [0.2, 0.25) is 0 Å². The van der Waals surface area contributed by atoms with Crippen LogP contribution in [0.5, 0.6) is 5.88 Å². The predicted molar refractivity (Wildman–Crippen MR) is 75.1 cm³/mol. The van der Waals surface area contributed by atoms with E-state index < -0.39 is 0 Å². The average molecular weight is 258 g/mol. The molecule has 1 saturated heterocycles. The van der Waals surface area contributed by atoms with Gasteiger partial charge >= 0.3 is 0 Å². The minimum atomic E-state index is 0.356. The minimum absolute atomic E-state index is 0.356. The van der Waals surface area contributed by atoms with E-state index in [0.29, 0.717) is 24.3 Å². The summed E-state index contributed by atoms with van der Waals surface area (Å²) in [5, 5.41) is 3.43. The monoisotopic (exact) mass is 258 g/mol. The first kappa shape index (κ1) is 12.2. The van der Waals surface area contributed by atoms with E-state index in [1.54, 1.807) is 0 Å². The molecule has 0 bridgehead atoms. The van der Waals surface area contributed by atoms with E-state index in [0.717, 1.165) is 24.0 Å². The SMILES string of the molecule is Nc1nc2ccccc2nc1OC[C@@H]1CCCCN1. The lowest BCUT2D eigenvalue weighted by molar-refractivity contribution is 0.233. The fourth-order valence-corrected chi connectivity index (χ4v) is 2.35. The lowest BCUT2D eigenvalue weighted by atomic mass is 10.1. The highest BCUT2D eigenvalue weighted by atomic mass is 16.5. The molecule has 5 nitrogen and oxygen atoms in total. The molecule has 1 fully saturated rings. The number of fused-ring (bicyclic) bond motifs is 1. The van der Waals surface area contributed by atoms with Crippen LogP contribution in [0.4, 0.5) is 5.82 Å². The Morgan fingerprint density at radius 2 is 2.00 bits per heavy atom. The van der Waals surface area contributed by atoms with Gasteiger partial charge in [-0.2, -0.15) is 0 Å². The van der Waals surface area contributed by atoms with Crippen molar-refractivity contribution in [3.8, 4) is 5.88 Å². The van der Waals surface area contributed by atoms with Crippen LogP contribution in [0.3, 0.4) is 0 Å². The average Bonchev–Trinajstić information content (AvgIpc) is 2.46. The second-order valence-corrected chi connectivity index (χ2v) is 4.86. The van der Waals surface area contributed by atoms with E-state index in [1.165, 1.54) is 12.8 Å². The van der Waals surface area contributed by atoms with Gasteiger partial charge in [0.15, 0.2) is 5.82 Å².